The molecule has 1 N–H and O–H groups in total. The second kappa shape index (κ2) is 9.00. The molecule has 1 fully saturated rings. The molecule has 0 aliphatic carbocycles. The van der Waals surface area contributed by atoms with Gasteiger partial charge in [-0.1, -0.05) is 35.3 Å². The average molecular weight is 481 g/mol. The number of aromatic nitrogens is 4. The van der Waals surface area contributed by atoms with E-state index in [1.807, 2.05) is 58.0 Å². The van der Waals surface area contributed by atoms with Crippen LogP contribution in [0, 0.1) is 0 Å². The first-order chi connectivity index (χ1) is 16.0. The van der Waals surface area contributed by atoms with Crippen LogP contribution in [0.25, 0.3) is 28.2 Å². The van der Waals surface area contributed by atoms with Gasteiger partial charge in [-0.25, -0.2) is 15.0 Å². The molecule has 4 aromatic rings. The molecular weight excluding hydrogens is 459 g/mol. The Balaban J connectivity index is 1.64. The van der Waals surface area contributed by atoms with Crippen molar-refractivity contribution in [1.29, 1.82) is 0 Å². The number of anilines is 1. The lowest BCUT2D eigenvalue weighted by molar-refractivity contribution is -0.129. The number of hydrogen-bond donors (Lipinski definition) is 1. The third kappa shape index (κ3) is 4.26. The number of rotatable bonds is 4. The summed E-state index contributed by atoms with van der Waals surface area (Å²) in [5.74, 6) is 1.38. The predicted molar refractivity (Wildman–Crippen MR) is 131 cm³/mol. The summed E-state index contributed by atoms with van der Waals surface area (Å²) in [6, 6.07) is 15.2. The highest BCUT2D eigenvalue weighted by atomic mass is 35.5. The van der Waals surface area contributed by atoms with Crippen molar-refractivity contribution in [3.05, 3.63) is 64.9 Å². The number of hydrogen-bond acceptors (Lipinski definition) is 5. The Labute approximate surface area is 201 Å². The lowest BCUT2D eigenvalue weighted by Crippen LogP contribution is -2.44. The second-order valence-corrected chi connectivity index (χ2v) is 8.91. The van der Waals surface area contributed by atoms with Gasteiger partial charge in [-0.05, 0) is 49.2 Å². The standard InChI is InChI=1S/C24H22Cl2N6O/c1-15(33)31-12-4-5-17(13-31)29-22-21-24(28-14-27-22)32(18-10-8-16(25)9-11-18)23(30-21)19-6-2-3-7-20(19)26/h2-3,6-11,14,17H,4-5,12-13H2,1H3,(H,27,28,29). The van der Waals surface area contributed by atoms with Gasteiger partial charge in [0.25, 0.3) is 0 Å². The molecule has 7 nitrogen and oxygen atoms in total. The number of imidazole rings is 1. The zero-order chi connectivity index (χ0) is 22.9. The van der Waals surface area contributed by atoms with Crippen molar-refractivity contribution in [3.63, 3.8) is 0 Å². The van der Waals surface area contributed by atoms with E-state index in [0.717, 1.165) is 30.6 Å². The van der Waals surface area contributed by atoms with E-state index in [1.54, 1.807) is 6.92 Å². The van der Waals surface area contributed by atoms with Crippen molar-refractivity contribution in [2.45, 2.75) is 25.8 Å². The van der Waals surface area contributed by atoms with Crippen molar-refractivity contribution < 1.29 is 4.79 Å². The lowest BCUT2D eigenvalue weighted by atomic mass is 10.1. The molecule has 1 aliphatic heterocycles. The monoisotopic (exact) mass is 480 g/mol. The normalized spacial score (nSPS) is 16.2. The van der Waals surface area contributed by atoms with Crippen LogP contribution >= 0.6 is 23.2 Å². The van der Waals surface area contributed by atoms with Crippen LogP contribution in [0.3, 0.4) is 0 Å². The topological polar surface area (TPSA) is 75.9 Å². The summed E-state index contributed by atoms with van der Waals surface area (Å²) >= 11 is 12.7. The van der Waals surface area contributed by atoms with Gasteiger partial charge in [0, 0.05) is 42.3 Å². The summed E-state index contributed by atoms with van der Waals surface area (Å²) in [4.78, 5) is 27.7. The average Bonchev–Trinajstić information content (AvgIpc) is 3.20. The SMILES string of the molecule is CC(=O)N1CCCC(Nc2ncnc3c2nc(-c2ccccc2Cl)n3-c2ccc(Cl)cc2)C1. The molecule has 0 radical (unpaired) electrons. The number of piperidine rings is 1. The highest BCUT2D eigenvalue weighted by Crippen LogP contribution is 2.34. The molecule has 1 aliphatic rings. The van der Waals surface area contributed by atoms with Gasteiger partial charge in [0.05, 0.1) is 5.02 Å². The summed E-state index contributed by atoms with van der Waals surface area (Å²) in [5.41, 5.74) is 2.95. The molecular formula is C24H22Cl2N6O. The molecule has 1 atom stereocenters. The first kappa shape index (κ1) is 21.7. The quantitative estimate of drug-likeness (QED) is 0.433. The highest BCUT2D eigenvalue weighted by Gasteiger charge is 2.25. The maximum Gasteiger partial charge on any atom is 0.219 e. The van der Waals surface area contributed by atoms with E-state index in [2.05, 4.69) is 15.3 Å². The van der Waals surface area contributed by atoms with Crippen molar-refractivity contribution in [2.75, 3.05) is 18.4 Å². The summed E-state index contributed by atoms with van der Waals surface area (Å²) in [6.45, 7) is 3.03. The third-order valence-corrected chi connectivity index (χ3v) is 6.43. The molecule has 0 saturated carbocycles. The summed E-state index contributed by atoms with van der Waals surface area (Å²) in [6.07, 6.45) is 3.42. The van der Waals surface area contributed by atoms with Crippen LogP contribution in [0.15, 0.2) is 54.9 Å². The highest BCUT2D eigenvalue weighted by molar-refractivity contribution is 6.33. The van der Waals surface area contributed by atoms with Crippen LogP contribution < -0.4 is 5.32 Å². The minimum absolute atomic E-state index is 0.0855. The van der Waals surface area contributed by atoms with Crippen molar-refractivity contribution >= 4 is 46.1 Å². The molecule has 9 heteroatoms. The number of carbonyl (C=O) groups excluding carboxylic acids is 1. The van der Waals surface area contributed by atoms with E-state index in [-0.39, 0.29) is 11.9 Å². The van der Waals surface area contributed by atoms with Crippen molar-refractivity contribution in [1.82, 2.24) is 24.4 Å². The molecule has 5 rings (SSSR count). The first-order valence-corrected chi connectivity index (χ1v) is 11.5. The van der Waals surface area contributed by atoms with Gasteiger partial charge in [0.15, 0.2) is 17.0 Å². The molecule has 0 bridgehead atoms. The van der Waals surface area contributed by atoms with Crippen molar-refractivity contribution in [3.8, 4) is 17.1 Å². The number of halogens is 2. The molecule has 1 amide bonds. The predicted octanol–water partition coefficient (Wildman–Crippen LogP) is 5.21. The molecule has 33 heavy (non-hydrogen) atoms. The Morgan fingerprint density at radius 3 is 2.64 bits per heavy atom. The number of amides is 1. The van der Waals surface area contributed by atoms with E-state index in [9.17, 15) is 4.79 Å². The van der Waals surface area contributed by atoms with Crippen LogP contribution in [0.2, 0.25) is 10.0 Å². The minimum atomic E-state index is 0.0855. The maximum atomic E-state index is 11.9. The molecule has 168 valence electrons. The molecule has 2 aromatic heterocycles. The molecule has 1 saturated heterocycles. The van der Waals surface area contributed by atoms with Gasteiger partial charge in [0.2, 0.25) is 5.91 Å². The Hall–Kier alpha value is -3.16. The number of nitrogens with zero attached hydrogens (tertiary/aromatic N) is 5. The smallest absolute Gasteiger partial charge is 0.219 e. The van der Waals surface area contributed by atoms with Gasteiger partial charge < -0.3 is 10.2 Å². The maximum absolute atomic E-state index is 11.9. The van der Waals surface area contributed by atoms with Crippen LogP contribution in [-0.4, -0.2) is 49.5 Å². The Morgan fingerprint density at radius 1 is 1.09 bits per heavy atom. The fourth-order valence-electron chi connectivity index (χ4n) is 4.23. The summed E-state index contributed by atoms with van der Waals surface area (Å²) in [5, 5.41) is 4.74. The summed E-state index contributed by atoms with van der Waals surface area (Å²) in [7, 11) is 0. The fourth-order valence-corrected chi connectivity index (χ4v) is 4.58. The summed E-state index contributed by atoms with van der Waals surface area (Å²) < 4.78 is 1.96. The van der Waals surface area contributed by atoms with Crippen LogP contribution in [0.5, 0.6) is 0 Å². The number of likely N-dealkylation sites (tertiary alicyclic amines) is 1. The fraction of sp³-hybridized carbons (Fsp3) is 0.250. The number of fused-ring (bicyclic) bond motifs is 1. The van der Waals surface area contributed by atoms with E-state index in [0.29, 0.717) is 39.4 Å². The van der Waals surface area contributed by atoms with E-state index in [4.69, 9.17) is 28.2 Å². The Morgan fingerprint density at radius 2 is 1.88 bits per heavy atom. The first-order valence-electron chi connectivity index (χ1n) is 10.8. The minimum Gasteiger partial charge on any atom is -0.364 e. The van der Waals surface area contributed by atoms with Crippen LogP contribution in [0.1, 0.15) is 19.8 Å². The van der Waals surface area contributed by atoms with E-state index in [1.165, 1.54) is 6.33 Å². The number of carbonyl (C=O) groups is 1. The van der Waals surface area contributed by atoms with Crippen molar-refractivity contribution in [2.24, 2.45) is 0 Å². The molecule has 2 aromatic carbocycles. The third-order valence-electron chi connectivity index (χ3n) is 5.85. The lowest BCUT2D eigenvalue weighted by Gasteiger charge is -2.32. The largest absolute Gasteiger partial charge is 0.364 e. The van der Waals surface area contributed by atoms with Gasteiger partial charge in [-0.15, -0.1) is 0 Å². The molecule has 0 spiro atoms. The van der Waals surface area contributed by atoms with E-state index >= 15 is 0 Å². The second-order valence-electron chi connectivity index (χ2n) is 8.07. The molecule has 3 heterocycles. The zero-order valence-corrected chi connectivity index (χ0v) is 19.5. The van der Waals surface area contributed by atoms with Gasteiger partial charge >= 0.3 is 0 Å². The van der Waals surface area contributed by atoms with Gasteiger partial charge in [-0.2, -0.15) is 0 Å². The molecule has 1 unspecified atom stereocenters. The van der Waals surface area contributed by atoms with E-state index < -0.39 is 0 Å². The number of nitrogens with one attached hydrogen (secondary N) is 1. The number of benzene rings is 2. The van der Waals surface area contributed by atoms with Gasteiger partial charge in [-0.3, -0.25) is 9.36 Å². The Bertz CT molecular complexity index is 1320. The Kier molecular flexibility index (Phi) is 5.91. The van der Waals surface area contributed by atoms with Crippen LogP contribution in [-0.2, 0) is 4.79 Å². The van der Waals surface area contributed by atoms with Gasteiger partial charge in [0.1, 0.15) is 12.2 Å². The van der Waals surface area contributed by atoms with Crippen LogP contribution in [0.4, 0.5) is 5.82 Å². The zero-order valence-electron chi connectivity index (χ0n) is 18.0.